The van der Waals surface area contributed by atoms with Crippen LogP contribution in [0.15, 0.2) is 35.6 Å². The van der Waals surface area contributed by atoms with Gasteiger partial charge in [0.1, 0.15) is 16.3 Å². The Kier molecular flexibility index (Phi) is 5.25. The van der Waals surface area contributed by atoms with Gasteiger partial charge in [-0.1, -0.05) is 32.9 Å². The molecule has 0 saturated carbocycles. The minimum Gasteiger partial charge on any atom is -0.454 e. The van der Waals surface area contributed by atoms with E-state index in [-0.39, 0.29) is 30.3 Å². The van der Waals surface area contributed by atoms with Gasteiger partial charge >= 0.3 is 0 Å². The maximum Gasteiger partial charge on any atom is 0.269 e. The van der Waals surface area contributed by atoms with Crippen LogP contribution in [0.25, 0.3) is 11.6 Å². The first-order chi connectivity index (χ1) is 13.3. The summed E-state index contributed by atoms with van der Waals surface area (Å²) in [6.45, 7) is 9.30. The SMILES string of the molecule is C=CCn1c(=O)/c(=C/c2ccc3c(c2)OCO3)s/c1=C(/C#N)C(=O)C(C)(C)C. The second-order valence-corrected chi connectivity index (χ2v) is 8.33. The predicted octanol–water partition coefficient (Wildman–Crippen LogP) is 1.94. The number of benzene rings is 1. The summed E-state index contributed by atoms with van der Waals surface area (Å²) >= 11 is 1.13. The first-order valence-corrected chi connectivity index (χ1v) is 9.49. The predicted molar refractivity (Wildman–Crippen MR) is 108 cm³/mol. The zero-order valence-corrected chi connectivity index (χ0v) is 16.8. The number of rotatable bonds is 4. The molecule has 0 atom stereocenters. The molecule has 0 saturated heterocycles. The second kappa shape index (κ2) is 7.49. The number of nitriles is 1. The summed E-state index contributed by atoms with van der Waals surface area (Å²) in [6, 6.07) is 7.38. The molecule has 1 aliphatic rings. The number of allylic oxidation sites excluding steroid dienone is 1. The van der Waals surface area contributed by atoms with Crippen molar-refractivity contribution in [2.45, 2.75) is 27.3 Å². The Morgan fingerprint density at radius 3 is 2.71 bits per heavy atom. The number of fused-ring (bicyclic) bond motifs is 1. The van der Waals surface area contributed by atoms with Crippen LogP contribution in [0, 0.1) is 16.7 Å². The molecule has 0 unspecified atom stereocenters. The maximum absolute atomic E-state index is 12.9. The van der Waals surface area contributed by atoms with Crippen LogP contribution in [0.4, 0.5) is 0 Å². The van der Waals surface area contributed by atoms with Gasteiger partial charge in [0.15, 0.2) is 17.3 Å². The minimum absolute atomic E-state index is 0.0122. The van der Waals surface area contributed by atoms with Crippen molar-refractivity contribution in [3.05, 3.63) is 56.0 Å². The van der Waals surface area contributed by atoms with Crippen molar-refractivity contribution in [1.82, 2.24) is 4.57 Å². The van der Waals surface area contributed by atoms with Gasteiger partial charge in [0.05, 0.1) is 4.53 Å². The van der Waals surface area contributed by atoms with Crippen LogP contribution >= 0.6 is 11.3 Å². The Bertz CT molecular complexity index is 1170. The Balaban J connectivity index is 2.26. The van der Waals surface area contributed by atoms with E-state index in [0.717, 1.165) is 16.9 Å². The van der Waals surface area contributed by atoms with Gasteiger partial charge in [0.25, 0.3) is 5.56 Å². The second-order valence-electron chi connectivity index (χ2n) is 7.30. The Hall–Kier alpha value is -3.11. The van der Waals surface area contributed by atoms with Crippen LogP contribution in [0.5, 0.6) is 11.5 Å². The van der Waals surface area contributed by atoms with E-state index >= 15 is 0 Å². The average Bonchev–Trinajstić information content (AvgIpc) is 3.22. The number of ketones is 1. The maximum atomic E-state index is 12.9. The molecule has 6 nitrogen and oxygen atoms in total. The summed E-state index contributed by atoms with van der Waals surface area (Å²) < 4.78 is 12.9. The molecule has 2 heterocycles. The fraction of sp³-hybridized carbons (Fsp3) is 0.286. The van der Waals surface area contributed by atoms with E-state index in [1.165, 1.54) is 4.57 Å². The van der Waals surface area contributed by atoms with Crippen molar-refractivity contribution in [2.75, 3.05) is 6.79 Å². The largest absolute Gasteiger partial charge is 0.454 e. The highest BCUT2D eigenvalue weighted by Gasteiger charge is 2.27. The zero-order valence-electron chi connectivity index (χ0n) is 15.9. The Morgan fingerprint density at radius 2 is 2.07 bits per heavy atom. The molecule has 1 aliphatic heterocycles. The van der Waals surface area contributed by atoms with E-state index < -0.39 is 5.41 Å². The number of hydrogen-bond donors (Lipinski definition) is 0. The minimum atomic E-state index is -0.731. The van der Waals surface area contributed by atoms with Gasteiger partial charge in [0.2, 0.25) is 6.79 Å². The lowest BCUT2D eigenvalue weighted by Crippen LogP contribution is -2.34. The molecule has 144 valence electrons. The smallest absolute Gasteiger partial charge is 0.269 e. The van der Waals surface area contributed by atoms with Crippen LogP contribution in [0.2, 0.25) is 0 Å². The van der Waals surface area contributed by atoms with E-state index in [1.807, 2.05) is 12.1 Å². The van der Waals surface area contributed by atoms with E-state index in [9.17, 15) is 14.9 Å². The number of aromatic nitrogens is 1. The highest BCUT2D eigenvalue weighted by atomic mass is 32.1. The molecule has 0 amide bonds. The third kappa shape index (κ3) is 3.64. The van der Waals surface area contributed by atoms with Crippen LogP contribution in [-0.2, 0) is 11.3 Å². The number of Topliss-reactive ketones (excluding diaryl/α,β-unsaturated/α-hetero) is 1. The lowest BCUT2D eigenvalue weighted by atomic mass is 9.87. The third-order valence-electron chi connectivity index (χ3n) is 4.15. The summed E-state index contributed by atoms with van der Waals surface area (Å²) in [5, 5.41) is 9.62. The van der Waals surface area contributed by atoms with Crippen molar-refractivity contribution in [2.24, 2.45) is 5.41 Å². The molecule has 7 heteroatoms. The molecular formula is C21H20N2O4S. The normalized spacial score (nSPS) is 14.6. The first kappa shape index (κ1) is 19.6. The number of thiazole rings is 1. The number of carbonyl (C=O) groups excluding carboxylic acids is 1. The topological polar surface area (TPSA) is 81.3 Å². The highest BCUT2D eigenvalue weighted by Crippen LogP contribution is 2.32. The standard InChI is InChI=1S/C21H20N2O4S/c1-5-8-23-19(25)17(10-13-6-7-15-16(9-13)27-12-26-15)28-20(23)14(11-22)18(24)21(2,3)4/h5-7,9-10H,1,8,12H2,2-4H3/b17-10-,20-14-. The number of nitrogens with zero attached hydrogens (tertiary/aromatic N) is 2. The van der Waals surface area contributed by atoms with Crippen molar-refractivity contribution in [1.29, 1.82) is 5.26 Å². The number of carbonyl (C=O) groups is 1. The Morgan fingerprint density at radius 1 is 1.36 bits per heavy atom. The van der Waals surface area contributed by atoms with Gasteiger partial charge < -0.3 is 9.47 Å². The van der Waals surface area contributed by atoms with E-state index in [1.54, 1.807) is 45.1 Å². The Labute approximate surface area is 166 Å². The summed E-state index contributed by atoms with van der Waals surface area (Å²) in [5.74, 6) is 0.969. The van der Waals surface area contributed by atoms with E-state index in [0.29, 0.717) is 20.7 Å². The molecule has 0 aliphatic carbocycles. The fourth-order valence-electron chi connectivity index (χ4n) is 2.73. The molecule has 0 radical (unpaired) electrons. The monoisotopic (exact) mass is 396 g/mol. The lowest BCUT2D eigenvalue weighted by molar-refractivity contribution is -0.120. The van der Waals surface area contributed by atoms with Crippen molar-refractivity contribution in [3.8, 4) is 17.6 Å². The summed E-state index contributed by atoms with van der Waals surface area (Å²) in [6.07, 6.45) is 3.28. The van der Waals surface area contributed by atoms with E-state index in [2.05, 4.69) is 6.58 Å². The van der Waals surface area contributed by atoms with Gasteiger partial charge in [-0.05, 0) is 23.8 Å². The van der Waals surface area contributed by atoms with Crippen LogP contribution in [-0.4, -0.2) is 17.1 Å². The molecule has 1 aromatic heterocycles. The summed E-state index contributed by atoms with van der Waals surface area (Å²) in [5.41, 5.74) is -0.250. The molecule has 2 aromatic rings. The van der Waals surface area contributed by atoms with Gasteiger partial charge in [-0.25, -0.2) is 0 Å². The lowest BCUT2D eigenvalue weighted by Gasteiger charge is -2.15. The molecular weight excluding hydrogens is 376 g/mol. The third-order valence-corrected chi connectivity index (χ3v) is 5.28. The molecule has 1 aromatic carbocycles. The molecule has 0 N–H and O–H groups in total. The summed E-state index contributed by atoms with van der Waals surface area (Å²) in [7, 11) is 0. The van der Waals surface area contributed by atoms with Crippen molar-refractivity contribution in [3.63, 3.8) is 0 Å². The van der Waals surface area contributed by atoms with Gasteiger partial charge in [-0.2, -0.15) is 5.26 Å². The van der Waals surface area contributed by atoms with Gasteiger partial charge in [-0.15, -0.1) is 17.9 Å². The summed E-state index contributed by atoms with van der Waals surface area (Å²) in [4.78, 5) is 25.6. The number of hydrogen-bond acceptors (Lipinski definition) is 6. The fourth-order valence-corrected chi connectivity index (χ4v) is 3.83. The van der Waals surface area contributed by atoms with Crippen LogP contribution in [0.1, 0.15) is 26.3 Å². The van der Waals surface area contributed by atoms with Gasteiger partial charge in [0, 0.05) is 12.0 Å². The van der Waals surface area contributed by atoms with E-state index in [4.69, 9.17) is 9.47 Å². The molecule has 0 spiro atoms. The number of ether oxygens (including phenoxy) is 2. The quantitative estimate of drug-likeness (QED) is 0.738. The molecule has 28 heavy (non-hydrogen) atoms. The van der Waals surface area contributed by atoms with Crippen molar-refractivity contribution >= 4 is 28.8 Å². The van der Waals surface area contributed by atoms with Crippen molar-refractivity contribution < 1.29 is 14.3 Å². The molecule has 0 fully saturated rings. The van der Waals surface area contributed by atoms with Crippen LogP contribution in [0.3, 0.4) is 0 Å². The first-order valence-electron chi connectivity index (χ1n) is 8.67. The highest BCUT2D eigenvalue weighted by molar-refractivity contribution is 7.07. The molecule has 0 bridgehead atoms. The van der Waals surface area contributed by atoms with Gasteiger partial charge in [-0.3, -0.25) is 14.2 Å². The molecule has 3 rings (SSSR count). The van der Waals surface area contributed by atoms with Crippen LogP contribution < -0.4 is 24.2 Å². The average molecular weight is 396 g/mol. The zero-order chi connectivity index (χ0) is 20.5.